The normalized spacial score (nSPS) is 11.0. The van der Waals surface area contributed by atoms with Gasteiger partial charge in [0.15, 0.2) is 0 Å². The molecule has 0 aliphatic heterocycles. The van der Waals surface area contributed by atoms with E-state index in [-0.39, 0.29) is 0 Å². The van der Waals surface area contributed by atoms with E-state index in [1.807, 2.05) is 31.2 Å². The second-order valence-electron chi connectivity index (χ2n) is 4.95. The van der Waals surface area contributed by atoms with Crippen LogP contribution in [0, 0.1) is 6.92 Å². The third-order valence-electron chi connectivity index (χ3n) is 3.22. The molecule has 4 heteroatoms. The van der Waals surface area contributed by atoms with Gasteiger partial charge in [-0.1, -0.05) is 49.8 Å². The van der Waals surface area contributed by atoms with Crippen LogP contribution in [0.3, 0.4) is 0 Å². The van der Waals surface area contributed by atoms with E-state index in [1.54, 1.807) is 0 Å². The Labute approximate surface area is 126 Å². The molecule has 0 radical (unpaired) electrons. The summed E-state index contributed by atoms with van der Waals surface area (Å²) in [6.07, 6.45) is 6.35. The molecule has 0 bridgehead atoms. The van der Waals surface area contributed by atoms with Crippen LogP contribution in [-0.2, 0) is 0 Å². The number of rotatable bonds is 6. The Morgan fingerprint density at radius 1 is 1.14 bits per heavy atom. The van der Waals surface area contributed by atoms with Gasteiger partial charge in [0.25, 0.3) is 0 Å². The van der Waals surface area contributed by atoms with Crippen molar-refractivity contribution in [1.29, 1.82) is 0 Å². The van der Waals surface area contributed by atoms with E-state index in [4.69, 9.17) is 5.73 Å². The second kappa shape index (κ2) is 7.43. The summed E-state index contributed by atoms with van der Waals surface area (Å²) in [4.78, 5) is 8.57. The van der Waals surface area contributed by atoms with Gasteiger partial charge in [0.1, 0.15) is 5.82 Å². The van der Waals surface area contributed by atoms with E-state index in [0.717, 1.165) is 42.0 Å². The first-order valence-electron chi connectivity index (χ1n) is 7.32. The molecule has 0 aliphatic carbocycles. The lowest BCUT2D eigenvalue weighted by Crippen LogP contribution is -2.09. The minimum atomic E-state index is 0.309. The number of nitrogen functional groups attached to an aromatic ring is 1. The highest BCUT2D eigenvalue weighted by Crippen LogP contribution is 2.20. The van der Waals surface area contributed by atoms with Gasteiger partial charge in [0.05, 0.1) is 5.69 Å². The van der Waals surface area contributed by atoms with Crippen molar-refractivity contribution in [2.75, 3.05) is 17.6 Å². The zero-order valence-electron chi connectivity index (χ0n) is 12.6. The van der Waals surface area contributed by atoms with Crippen molar-refractivity contribution in [1.82, 2.24) is 9.97 Å². The van der Waals surface area contributed by atoms with Crippen LogP contribution in [0.25, 0.3) is 12.2 Å². The Hall–Kier alpha value is -2.36. The van der Waals surface area contributed by atoms with Gasteiger partial charge >= 0.3 is 0 Å². The molecule has 1 heterocycles. The van der Waals surface area contributed by atoms with Gasteiger partial charge in [-0.05, 0) is 25.0 Å². The summed E-state index contributed by atoms with van der Waals surface area (Å²) in [7, 11) is 0. The summed E-state index contributed by atoms with van der Waals surface area (Å²) in [5.74, 6) is 1.11. The summed E-state index contributed by atoms with van der Waals surface area (Å²) in [5.41, 5.74) is 8.77. The highest BCUT2D eigenvalue weighted by Gasteiger charge is 2.07. The largest absolute Gasteiger partial charge is 0.369 e. The second-order valence-corrected chi connectivity index (χ2v) is 4.95. The van der Waals surface area contributed by atoms with E-state index in [1.165, 1.54) is 0 Å². The smallest absolute Gasteiger partial charge is 0.222 e. The standard InChI is InChI=1S/C17H22N4/c1-3-4-12-19-16-15(13(2)20-17(18)21-16)11-10-14-8-6-5-7-9-14/h5-11H,3-4,12H2,1-2H3,(H3,18,19,20,21)/b11-10+. The Kier molecular flexibility index (Phi) is 5.32. The molecule has 0 spiro atoms. The zero-order valence-corrected chi connectivity index (χ0v) is 12.6. The first-order chi connectivity index (χ1) is 10.2. The molecule has 0 saturated heterocycles. The molecule has 0 saturated carbocycles. The summed E-state index contributed by atoms with van der Waals surface area (Å²) in [6, 6.07) is 10.2. The molecule has 2 aromatic rings. The molecular weight excluding hydrogens is 260 g/mol. The molecule has 110 valence electrons. The SMILES string of the molecule is CCCCNc1nc(N)nc(C)c1/C=C/c1ccccc1. The minimum Gasteiger partial charge on any atom is -0.369 e. The Bertz CT molecular complexity index is 606. The molecule has 1 aromatic carbocycles. The van der Waals surface area contributed by atoms with Gasteiger partial charge in [-0.25, -0.2) is 4.98 Å². The number of hydrogen-bond donors (Lipinski definition) is 2. The summed E-state index contributed by atoms with van der Waals surface area (Å²) in [6.45, 7) is 5.00. The number of aromatic nitrogens is 2. The van der Waals surface area contributed by atoms with Crippen LogP contribution in [0.5, 0.6) is 0 Å². The maximum absolute atomic E-state index is 5.75. The van der Waals surface area contributed by atoms with Crippen LogP contribution in [0.4, 0.5) is 11.8 Å². The highest BCUT2D eigenvalue weighted by atomic mass is 15.1. The summed E-state index contributed by atoms with van der Waals surface area (Å²) >= 11 is 0. The lowest BCUT2D eigenvalue weighted by molar-refractivity contribution is 0.830. The number of nitrogens with zero attached hydrogens (tertiary/aromatic N) is 2. The first-order valence-corrected chi connectivity index (χ1v) is 7.32. The van der Waals surface area contributed by atoms with Crippen LogP contribution in [-0.4, -0.2) is 16.5 Å². The van der Waals surface area contributed by atoms with Crippen molar-refractivity contribution in [3.63, 3.8) is 0 Å². The molecule has 3 N–H and O–H groups in total. The Morgan fingerprint density at radius 2 is 1.90 bits per heavy atom. The van der Waals surface area contributed by atoms with E-state index < -0.39 is 0 Å². The number of hydrogen-bond acceptors (Lipinski definition) is 4. The lowest BCUT2D eigenvalue weighted by Gasteiger charge is -2.11. The molecule has 4 nitrogen and oxygen atoms in total. The predicted molar refractivity (Wildman–Crippen MR) is 89.9 cm³/mol. The van der Waals surface area contributed by atoms with Crippen molar-refractivity contribution in [2.24, 2.45) is 0 Å². The van der Waals surface area contributed by atoms with Gasteiger partial charge in [-0.15, -0.1) is 0 Å². The van der Waals surface area contributed by atoms with Gasteiger partial charge in [-0.3, -0.25) is 0 Å². The maximum Gasteiger partial charge on any atom is 0.222 e. The monoisotopic (exact) mass is 282 g/mol. The van der Waals surface area contributed by atoms with Crippen LogP contribution in [0.1, 0.15) is 36.6 Å². The Balaban J connectivity index is 2.26. The van der Waals surface area contributed by atoms with E-state index in [2.05, 4.69) is 40.4 Å². The number of benzene rings is 1. The van der Waals surface area contributed by atoms with Crippen molar-refractivity contribution in [2.45, 2.75) is 26.7 Å². The third-order valence-corrected chi connectivity index (χ3v) is 3.22. The fourth-order valence-electron chi connectivity index (χ4n) is 2.06. The van der Waals surface area contributed by atoms with Crippen LogP contribution < -0.4 is 11.1 Å². The minimum absolute atomic E-state index is 0.309. The fourth-order valence-corrected chi connectivity index (χ4v) is 2.06. The molecule has 0 fully saturated rings. The first kappa shape index (κ1) is 15.0. The maximum atomic E-state index is 5.75. The highest BCUT2D eigenvalue weighted by molar-refractivity contribution is 5.76. The topological polar surface area (TPSA) is 63.8 Å². The summed E-state index contributed by atoms with van der Waals surface area (Å²) < 4.78 is 0. The number of aryl methyl sites for hydroxylation is 1. The van der Waals surface area contributed by atoms with Gasteiger partial charge < -0.3 is 11.1 Å². The summed E-state index contributed by atoms with van der Waals surface area (Å²) in [5, 5.41) is 3.35. The van der Waals surface area contributed by atoms with E-state index in [9.17, 15) is 0 Å². The average Bonchev–Trinajstić information content (AvgIpc) is 2.47. The number of anilines is 2. The molecule has 0 atom stereocenters. The van der Waals surface area contributed by atoms with E-state index in [0.29, 0.717) is 5.95 Å². The zero-order chi connectivity index (χ0) is 15.1. The van der Waals surface area contributed by atoms with Crippen molar-refractivity contribution >= 4 is 23.9 Å². The van der Waals surface area contributed by atoms with Gasteiger partial charge in [0.2, 0.25) is 5.95 Å². The third kappa shape index (κ3) is 4.31. The molecule has 2 rings (SSSR count). The van der Waals surface area contributed by atoms with E-state index >= 15 is 0 Å². The van der Waals surface area contributed by atoms with Crippen LogP contribution in [0.2, 0.25) is 0 Å². The van der Waals surface area contributed by atoms with Gasteiger partial charge in [-0.2, -0.15) is 4.98 Å². The molecule has 0 aliphatic rings. The Morgan fingerprint density at radius 3 is 2.62 bits per heavy atom. The van der Waals surface area contributed by atoms with Gasteiger partial charge in [0, 0.05) is 12.1 Å². The van der Waals surface area contributed by atoms with Crippen molar-refractivity contribution in [3.05, 3.63) is 47.2 Å². The van der Waals surface area contributed by atoms with Crippen LogP contribution >= 0.6 is 0 Å². The fraction of sp³-hybridized carbons (Fsp3) is 0.294. The van der Waals surface area contributed by atoms with Crippen LogP contribution in [0.15, 0.2) is 30.3 Å². The molecule has 21 heavy (non-hydrogen) atoms. The number of nitrogens with one attached hydrogen (secondary N) is 1. The molecule has 0 amide bonds. The van der Waals surface area contributed by atoms with Crippen molar-refractivity contribution < 1.29 is 0 Å². The van der Waals surface area contributed by atoms with Crippen molar-refractivity contribution in [3.8, 4) is 0 Å². The number of nitrogens with two attached hydrogens (primary N) is 1. The number of unbranched alkanes of at least 4 members (excludes halogenated alkanes) is 1. The molecule has 1 aromatic heterocycles. The average molecular weight is 282 g/mol. The lowest BCUT2D eigenvalue weighted by atomic mass is 10.1. The molecule has 0 unspecified atom stereocenters. The predicted octanol–water partition coefficient (Wildman–Crippen LogP) is 3.75. The molecular formula is C17H22N4. The quantitative estimate of drug-likeness (QED) is 0.792.